The summed E-state index contributed by atoms with van der Waals surface area (Å²) in [7, 11) is 1.60. The zero-order chi connectivity index (χ0) is 28.2. The van der Waals surface area contributed by atoms with E-state index in [4.69, 9.17) is 14.5 Å². The van der Waals surface area contributed by atoms with E-state index in [9.17, 15) is 9.59 Å². The normalized spacial score (nSPS) is 15.0. The van der Waals surface area contributed by atoms with Gasteiger partial charge in [0.05, 0.1) is 35.6 Å². The number of carbonyl (C=O) groups is 1. The molecule has 0 fully saturated rings. The van der Waals surface area contributed by atoms with Gasteiger partial charge < -0.3 is 14.8 Å². The topological polar surface area (TPSA) is 81.9 Å². The highest BCUT2D eigenvalue weighted by Crippen LogP contribution is 2.31. The van der Waals surface area contributed by atoms with Crippen molar-refractivity contribution in [2.75, 3.05) is 19.0 Å². The van der Waals surface area contributed by atoms with Gasteiger partial charge in [-0.2, -0.15) is 0 Å². The number of thiazole rings is 1. The molecule has 0 saturated carbocycles. The molecule has 3 aromatic carbocycles. The number of methoxy groups -OCH3 is 1. The van der Waals surface area contributed by atoms with Crippen molar-refractivity contribution < 1.29 is 14.3 Å². The van der Waals surface area contributed by atoms with Crippen LogP contribution in [0.5, 0.6) is 11.5 Å². The molecule has 1 amide bonds. The van der Waals surface area contributed by atoms with E-state index in [0.717, 1.165) is 16.9 Å². The second-order valence-corrected chi connectivity index (χ2v) is 11.0. The van der Waals surface area contributed by atoms with Crippen molar-refractivity contribution in [3.8, 4) is 11.5 Å². The predicted octanol–water partition coefficient (Wildman–Crippen LogP) is 4.92. The lowest BCUT2D eigenvalue weighted by Gasteiger charge is -2.25. The number of nitrogens with one attached hydrogen (secondary N) is 1. The Morgan fingerprint density at radius 3 is 2.35 bits per heavy atom. The van der Waals surface area contributed by atoms with E-state index in [-0.39, 0.29) is 11.5 Å². The standard InChI is InChI=1S/C32H31N3O4S/c1-20(2)19-39-26-14-10-22(11-15-26)18-27-31(37)35-29(23-12-16-25(38-4)17-13-23)28(21(3)33-32(35)40-27)30(36)34-24-8-6-5-7-9-24/h5-18,20,29H,19H2,1-4H3,(H,34,36)/b27-18-/t29-/m1/s1. The quantitative estimate of drug-likeness (QED) is 0.336. The van der Waals surface area contributed by atoms with Crippen molar-refractivity contribution in [2.45, 2.75) is 26.8 Å². The van der Waals surface area contributed by atoms with Crippen LogP contribution < -0.4 is 29.7 Å². The highest BCUT2D eigenvalue weighted by atomic mass is 32.1. The molecular formula is C32H31N3O4S. The zero-order valence-electron chi connectivity index (χ0n) is 22.9. The molecule has 0 saturated heterocycles. The van der Waals surface area contributed by atoms with Crippen LogP contribution in [0.1, 0.15) is 37.9 Å². The van der Waals surface area contributed by atoms with Crippen molar-refractivity contribution in [1.29, 1.82) is 0 Å². The van der Waals surface area contributed by atoms with Gasteiger partial charge in [0, 0.05) is 5.69 Å². The van der Waals surface area contributed by atoms with E-state index < -0.39 is 6.04 Å². The lowest BCUT2D eigenvalue weighted by atomic mass is 9.95. The summed E-state index contributed by atoms with van der Waals surface area (Å²) in [5.74, 6) is 1.60. The van der Waals surface area contributed by atoms with Crippen molar-refractivity contribution in [1.82, 2.24) is 4.57 Å². The lowest BCUT2D eigenvalue weighted by Crippen LogP contribution is -2.40. The monoisotopic (exact) mass is 553 g/mol. The molecular weight excluding hydrogens is 522 g/mol. The number of hydrogen-bond acceptors (Lipinski definition) is 6. The van der Waals surface area contributed by atoms with Crippen LogP contribution in [0.25, 0.3) is 6.08 Å². The van der Waals surface area contributed by atoms with Gasteiger partial charge in [0.15, 0.2) is 4.80 Å². The van der Waals surface area contributed by atoms with Gasteiger partial charge in [0.25, 0.3) is 11.5 Å². The average Bonchev–Trinajstić information content (AvgIpc) is 3.26. The van der Waals surface area contributed by atoms with Crippen molar-refractivity contribution in [2.24, 2.45) is 10.9 Å². The number of para-hydroxylation sites is 1. The van der Waals surface area contributed by atoms with Gasteiger partial charge in [-0.05, 0) is 66.4 Å². The first-order chi connectivity index (χ1) is 19.3. The fraction of sp³-hybridized carbons (Fsp3) is 0.219. The van der Waals surface area contributed by atoms with Crippen molar-refractivity contribution in [3.63, 3.8) is 0 Å². The molecule has 1 aromatic heterocycles. The Morgan fingerprint density at radius 1 is 1.02 bits per heavy atom. The minimum Gasteiger partial charge on any atom is -0.497 e. The molecule has 0 aliphatic carbocycles. The number of ether oxygens (including phenoxy) is 2. The Morgan fingerprint density at radius 2 is 1.70 bits per heavy atom. The third-order valence-electron chi connectivity index (χ3n) is 6.49. The molecule has 1 aliphatic rings. The number of fused-ring (bicyclic) bond motifs is 1. The second kappa shape index (κ2) is 11.8. The van der Waals surface area contributed by atoms with E-state index in [1.807, 2.05) is 91.9 Å². The molecule has 1 aliphatic heterocycles. The molecule has 0 unspecified atom stereocenters. The number of rotatable bonds is 8. The summed E-state index contributed by atoms with van der Waals surface area (Å²) in [5, 5.41) is 2.97. The van der Waals surface area contributed by atoms with Gasteiger partial charge in [0.1, 0.15) is 11.5 Å². The van der Waals surface area contributed by atoms with Crippen LogP contribution in [0, 0.1) is 5.92 Å². The minimum absolute atomic E-state index is 0.206. The SMILES string of the molecule is COc1ccc([C@@H]2C(C(=O)Nc3ccccc3)=C(C)N=c3s/c(=C\c4ccc(OCC(C)C)cc4)c(=O)n32)cc1. The molecule has 0 radical (unpaired) electrons. The molecule has 5 rings (SSSR count). The Labute approximate surface area is 236 Å². The Bertz CT molecular complexity index is 1720. The molecule has 4 aromatic rings. The summed E-state index contributed by atoms with van der Waals surface area (Å²) in [4.78, 5) is 32.8. The second-order valence-electron chi connectivity index (χ2n) is 9.95. The summed E-state index contributed by atoms with van der Waals surface area (Å²) in [6.07, 6.45) is 1.85. The molecule has 0 spiro atoms. The molecule has 0 bridgehead atoms. The number of benzene rings is 3. The van der Waals surface area contributed by atoms with E-state index >= 15 is 0 Å². The fourth-order valence-corrected chi connectivity index (χ4v) is 5.55. The van der Waals surface area contributed by atoms with Gasteiger partial charge in [0.2, 0.25) is 0 Å². The van der Waals surface area contributed by atoms with Crippen LogP contribution >= 0.6 is 11.3 Å². The fourth-order valence-electron chi connectivity index (χ4n) is 4.51. The molecule has 7 nitrogen and oxygen atoms in total. The van der Waals surface area contributed by atoms with Crippen LogP contribution in [0.15, 0.2) is 99.9 Å². The number of aromatic nitrogens is 1. The third kappa shape index (κ3) is 5.77. The first kappa shape index (κ1) is 27.1. The van der Waals surface area contributed by atoms with Gasteiger partial charge in [-0.25, -0.2) is 4.99 Å². The van der Waals surface area contributed by atoms with Gasteiger partial charge >= 0.3 is 0 Å². The van der Waals surface area contributed by atoms with Gasteiger partial charge in [-0.15, -0.1) is 0 Å². The molecule has 40 heavy (non-hydrogen) atoms. The first-order valence-corrected chi connectivity index (χ1v) is 13.9. The number of amides is 1. The number of carbonyl (C=O) groups excluding carboxylic acids is 1. The number of hydrogen-bond donors (Lipinski definition) is 1. The lowest BCUT2D eigenvalue weighted by molar-refractivity contribution is -0.113. The largest absolute Gasteiger partial charge is 0.497 e. The Kier molecular flexibility index (Phi) is 7.98. The highest BCUT2D eigenvalue weighted by Gasteiger charge is 2.32. The summed E-state index contributed by atoms with van der Waals surface area (Å²) in [6, 6.07) is 23.7. The minimum atomic E-state index is -0.653. The third-order valence-corrected chi connectivity index (χ3v) is 7.47. The predicted molar refractivity (Wildman–Crippen MR) is 159 cm³/mol. The van der Waals surface area contributed by atoms with Crippen LogP contribution in [-0.4, -0.2) is 24.2 Å². The summed E-state index contributed by atoms with van der Waals surface area (Å²) in [5.41, 5.74) is 3.10. The van der Waals surface area contributed by atoms with Crippen LogP contribution in [-0.2, 0) is 4.79 Å². The maximum Gasteiger partial charge on any atom is 0.271 e. The van der Waals surface area contributed by atoms with E-state index in [1.165, 1.54) is 11.3 Å². The zero-order valence-corrected chi connectivity index (χ0v) is 23.7. The first-order valence-electron chi connectivity index (χ1n) is 13.1. The Balaban J connectivity index is 1.57. The maximum absolute atomic E-state index is 13.9. The molecule has 204 valence electrons. The average molecular weight is 554 g/mol. The number of allylic oxidation sites excluding steroid dienone is 1. The number of anilines is 1. The molecule has 8 heteroatoms. The molecule has 2 heterocycles. The maximum atomic E-state index is 13.9. The summed E-state index contributed by atoms with van der Waals surface area (Å²) >= 11 is 1.31. The Hall–Kier alpha value is -4.43. The summed E-state index contributed by atoms with van der Waals surface area (Å²) < 4.78 is 13.3. The van der Waals surface area contributed by atoms with Crippen LogP contribution in [0.4, 0.5) is 5.69 Å². The molecule has 1 N–H and O–H groups in total. The number of nitrogens with zero attached hydrogens (tertiary/aromatic N) is 2. The van der Waals surface area contributed by atoms with Crippen LogP contribution in [0.3, 0.4) is 0 Å². The van der Waals surface area contributed by atoms with Gasteiger partial charge in [-0.1, -0.05) is 67.6 Å². The van der Waals surface area contributed by atoms with E-state index in [1.54, 1.807) is 11.7 Å². The highest BCUT2D eigenvalue weighted by molar-refractivity contribution is 7.07. The van der Waals surface area contributed by atoms with Crippen molar-refractivity contribution in [3.05, 3.63) is 121 Å². The smallest absolute Gasteiger partial charge is 0.271 e. The van der Waals surface area contributed by atoms with Crippen molar-refractivity contribution >= 4 is 29.0 Å². The summed E-state index contributed by atoms with van der Waals surface area (Å²) in [6.45, 7) is 6.66. The van der Waals surface area contributed by atoms with E-state index in [0.29, 0.717) is 44.6 Å². The van der Waals surface area contributed by atoms with Gasteiger partial charge in [-0.3, -0.25) is 14.2 Å². The molecule has 1 atom stereocenters. The van der Waals surface area contributed by atoms with E-state index in [2.05, 4.69) is 19.2 Å². The van der Waals surface area contributed by atoms with Crippen LogP contribution in [0.2, 0.25) is 0 Å².